The van der Waals surface area contributed by atoms with Crippen molar-refractivity contribution in [1.82, 2.24) is 9.88 Å². The van der Waals surface area contributed by atoms with Gasteiger partial charge in [0.05, 0.1) is 23.1 Å². The second kappa shape index (κ2) is 6.54. The maximum Gasteiger partial charge on any atom is 0.410 e. The Morgan fingerprint density at radius 3 is 2.70 bits per heavy atom. The van der Waals surface area contributed by atoms with Crippen molar-refractivity contribution in [3.8, 4) is 0 Å². The minimum atomic E-state index is -0.434. The van der Waals surface area contributed by atoms with Crippen molar-refractivity contribution in [3.63, 3.8) is 0 Å². The molecule has 1 aromatic heterocycles. The van der Waals surface area contributed by atoms with E-state index in [4.69, 9.17) is 9.47 Å². The summed E-state index contributed by atoms with van der Waals surface area (Å²) >= 11 is 1.60. The van der Waals surface area contributed by atoms with Crippen molar-refractivity contribution in [2.24, 2.45) is 0 Å². The van der Waals surface area contributed by atoms with E-state index in [1.54, 1.807) is 16.2 Å². The summed E-state index contributed by atoms with van der Waals surface area (Å²) in [6.45, 7) is 7.66. The minimum absolute atomic E-state index is 0.218. The molecule has 1 aliphatic rings. The highest BCUT2D eigenvalue weighted by atomic mass is 32.1. The zero-order valence-electron chi connectivity index (χ0n) is 12.3. The molecule has 0 aromatic carbocycles. The van der Waals surface area contributed by atoms with Crippen LogP contribution in [0.2, 0.25) is 0 Å². The van der Waals surface area contributed by atoms with E-state index in [1.807, 2.05) is 32.5 Å². The van der Waals surface area contributed by atoms with Gasteiger partial charge in [0.2, 0.25) is 0 Å². The lowest BCUT2D eigenvalue weighted by molar-refractivity contribution is -0.0164. The van der Waals surface area contributed by atoms with E-state index in [-0.39, 0.29) is 12.2 Å². The molecule has 2 heterocycles. The molecule has 0 aliphatic carbocycles. The summed E-state index contributed by atoms with van der Waals surface area (Å²) in [6, 6.07) is 0. The van der Waals surface area contributed by atoms with E-state index < -0.39 is 5.60 Å². The number of nitrogens with zero attached hydrogens (tertiary/aromatic N) is 2. The Balaban J connectivity index is 1.71. The number of hydrogen-bond acceptors (Lipinski definition) is 5. The largest absolute Gasteiger partial charge is 0.444 e. The zero-order chi connectivity index (χ0) is 14.6. The monoisotopic (exact) mass is 298 g/mol. The van der Waals surface area contributed by atoms with Crippen molar-refractivity contribution < 1.29 is 14.3 Å². The molecule has 1 saturated heterocycles. The number of carbonyl (C=O) groups excluding carboxylic acids is 1. The van der Waals surface area contributed by atoms with Crippen LogP contribution in [0.5, 0.6) is 0 Å². The molecule has 0 unspecified atom stereocenters. The molecule has 6 heteroatoms. The third-order valence-electron chi connectivity index (χ3n) is 3.04. The first-order valence-electron chi connectivity index (χ1n) is 6.91. The first-order chi connectivity index (χ1) is 9.44. The molecule has 0 saturated carbocycles. The standard InChI is InChI=1S/C14H22N2O3S/c1-14(2,3)19-13(17)16-6-4-11(5-7-16)18-9-12-8-15-10-20-12/h8,10-11H,4-7,9H2,1-3H3. The van der Waals surface area contributed by atoms with Gasteiger partial charge in [-0.1, -0.05) is 0 Å². The SMILES string of the molecule is CC(C)(C)OC(=O)N1CCC(OCc2cncs2)CC1. The molecule has 0 N–H and O–H groups in total. The van der Waals surface area contributed by atoms with Crippen molar-refractivity contribution in [2.75, 3.05) is 13.1 Å². The van der Waals surface area contributed by atoms with Crippen molar-refractivity contribution >= 4 is 17.4 Å². The molecule has 1 aromatic rings. The molecule has 5 nitrogen and oxygen atoms in total. The zero-order valence-corrected chi connectivity index (χ0v) is 13.1. The Hall–Kier alpha value is -1.14. The number of piperidine rings is 1. The van der Waals surface area contributed by atoms with Crippen LogP contribution >= 0.6 is 11.3 Å². The number of carbonyl (C=O) groups is 1. The smallest absolute Gasteiger partial charge is 0.410 e. The number of aromatic nitrogens is 1. The molecule has 1 amide bonds. The fourth-order valence-electron chi connectivity index (χ4n) is 2.04. The second-order valence-electron chi connectivity index (χ2n) is 5.95. The van der Waals surface area contributed by atoms with Gasteiger partial charge >= 0.3 is 6.09 Å². The van der Waals surface area contributed by atoms with Gasteiger partial charge in [-0.2, -0.15) is 0 Å². The molecular formula is C14H22N2O3S. The second-order valence-corrected chi connectivity index (χ2v) is 6.92. The van der Waals surface area contributed by atoms with Crippen molar-refractivity contribution in [3.05, 3.63) is 16.6 Å². The van der Waals surface area contributed by atoms with Crippen LogP contribution in [0, 0.1) is 0 Å². The van der Waals surface area contributed by atoms with Crippen LogP contribution < -0.4 is 0 Å². The van der Waals surface area contributed by atoms with E-state index >= 15 is 0 Å². The molecule has 1 fully saturated rings. The number of rotatable bonds is 3. The van der Waals surface area contributed by atoms with Gasteiger partial charge in [-0.05, 0) is 33.6 Å². The summed E-state index contributed by atoms with van der Waals surface area (Å²) in [7, 11) is 0. The van der Waals surface area contributed by atoms with Crippen molar-refractivity contribution in [1.29, 1.82) is 0 Å². The Kier molecular flexibility index (Phi) is 4.99. The molecule has 0 bridgehead atoms. The number of amides is 1. The normalized spacial score (nSPS) is 17.2. The van der Waals surface area contributed by atoms with E-state index in [9.17, 15) is 4.79 Å². The van der Waals surface area contributed by atoms with E-state index in [1.165, 1.54) is 0 Å². The highest BCUT2D eigenvalue weighted by Gasteiger charge is 2.27. The fourth-order valence-corrected chi connectivity index (χ4v) is 2.56. The van der Waals surface area contributed by atoms with Crippen LogP contribution in [0.15, 0.2) is 11.7 Å². The van der Waals surface area contributed by atoms with Gasteiger partial charge in [-0.15, -0.1) is 11.3 Å². The molecule has 1 aliphatic heterocycles. The van der Waals surface area contributed by atoms with Crippen LogP contribution in [-0.4, -0.2) is 40.8 Å². The maximum atomic E-state index is 11.9. The third kappa shape index (κ3) is 4.76. The third-order valence-corrected chi connectivity index (χ3v) is 3.79. The van der Waals surface area contributed by atoms with Gasteiger partial charge in [-0.25, -0.2) is 4.79 Å². The van der Waals surface area contributed by atoms with Crippen LogP contribution in [0.1, 0.15) is 38.5 Å². The van der Waals surface area contributed by atoms with Crippen LogP contribution in [0.4, 0.5) is 4.79 Å². The fraction of sp³-hybridized carbons (Fsp3) is 0.714. The lowest BCUT2D eigenvalue weighted by Crippen LogP contribution is -2.43. The number of hydrogen-bond donors (Lipinski definition) is 0. The number of thiazole rings is 1. The van der Waals surface area contributed by atoms with Gasteiger partial charge in [0.15, 0.2) is 0 Å². The predicted molar refractivity (Wildman–Crippen MR) is 77.7 cm³/mol. The molecule has 2 rings (SSSR count). The van der Waals surface area contributed by atoms with Crippen LogP contribution in [0.25, 0.3) is 0 Å². The van der Waals surface area contributed by atoms with E-state index in [2.05, 4.69) is 4.98 Å². The number of ether oxygens (including phenoxy) is 2. The quantitative estimate of drug-likeness (QED) is 0.860. The summed E-state index contributed by atoms with van der Waals surface area (Å²) in [5, 5.41) is 0. The summed E-state index contributed by atoms with van der Waals surface area (Å²) in [5.74, 6) is 0. The Labute approximate surface area is 123 Å². The summed E-state index contributed by atoms with van der Waals surface area (Å²) in [5.41, 5.74) is 1.38. The van der Waals surface area contributed by atoms with E-state index in [0.29, 0.717) is 19.7 Å². The summed E-state index contributed by atoms with van der Waals surface area (Å²) in [6.07, 6.45) is 3.55. The van der Waals surface area contributed by atoms with Gasteiger partial charge in [0.25, 0.3) is 0 Å². The van der Waals surface area contributed by atoms with Crippen LogP contribution in [0.3, 0.4) is 0 Å². The Morgan fingerprint density at radius 1 is 1.45 bits per heavy atom. The van der Waals surface area contributed by atoms with Crippen LogP contribution in [-0.2, 0) is 16.1 Å². The molecular weight excluding hydrogens is 276 g/mol. The molecule has 0 atom stereocenters. The number of likely N-dealkylation sites (tertiary alicyclic amines) is 1. The first kappa shape index (κ1) is 15.3. The van der Waals surface area contributed by atoms with Gasteiger partial charge < -0.3 is 14.4 Å². The molecule has 20 heavy (non-hydrogen) atoms. The average molecular weight is 298 g/mol. The highest BCUT2D eigenvalue weighted by molar-refractivity contribution is 7.09. The first-order valence-corrected chi connectivity index (χ1v) is 7.79. The molecule has 0 radical (unpaired) electrons. The molecule has 0 spiro atoms. The lowest BCUT2D eigenvalue weighted by Gasteiger charge is -2.33. The summed E-state index contributed by atoms with van der Waals surface area (Å²) in [4.78, 5) is 18.8. The minimum Gasteiger partial charge on any atom is -0.444 e. The van der Waals surface area contributed by atoms with Crippen molar-refractivity contribution in [2.45, 2.75) is 51.9 Å². The van der Waals surface area contributed by atoms with Gasteiger partial charge in [0, 0.05) is 19.3 Å². The van der Waals surface area contributed by atoms with Gasteiger partial charge in [0.1, 0.15) is 5.60 Å². The summed E-state index contributed by atoms with van der Waals surface area (Å²) < 4.78 is 11.2. The van der Waals surface area contributed by atoms with Gasteiger partial charge in [-0.3, -0.25) is 4.98 Å². The Morgan fingerprint density at radius 2 is 2.15 bits per heavy atom. The highest BCUT2D eigenvalue weighted by Crippen LogP contribution is 2.19. The maximum absolute atomic E-state index is 11.9. The topological polar surface area (TPSA) is 51.7 Å². The molecule has 112 valence electrons. The predicted octanol–water partition coefficient (Wildman–Crippen LogP) is 3.06. The average Bonchev–Trinajstić information content (AvgIpc) is 2.88. The Bertz CT molecular complexity index is 420. The van der Waals surface area contributed by atoms with E-state index in [0.717, 1.165) is 17.7 Å². The lowest BCUT2D eigenvalue weighted by atomic mass is 10.1.